The Kier molecular flexibility index (Phi) is 4.00. The number of aromatic hydroxyl groups is 1. The van der Waals surface area contributed by atoms with Crippen molar-refractivity contribution in [1.82, 2.24) is 0 Å². The van der Waals surface area contributed by atoms with Crippen LogP contribution in [0.1, 0.15) is 29.5 Å². The topological polar surface area (TPSA) is 119 Å². The third-order valence-electron chi connectivity index (χ3n) is 5.19. The number of phenolic OH excluding ortho intramolecular Hbond substituents is 1. The number of anilines is 1. The van der Waals surface area contributed by atoms with E-state index in [1.54, 1.807) is 12.1 Å². The van der Waals surface area contributed by atoms with Gasteiger partial charge in [-0.15, -0.1) is 0 Å². The van der Waals surface area contributed by atoms with Crippen LogP contribution in [0.25, 0.3) is 0 Å². The van der Waals surface area contributed by atoms with Gasteiger partial charge in [0.05, 0.1) is 27.1 Å². The quantitative estimate of drug-likeness (QED) is 0.341. The number of benzene rings is 2. The number of fused-ring (bicyclic) bond motifs is 3. The molecule has 0 spiro atoms. The van der Waals surface area contributed by atoms with Crippen LogP contribution in [-0.2, 0) is 0 Å². The molecule has 0 saturated carbocycles. The Morgan fingerprint density at radius 2 is 1.85 bits per heavy atom. The van der Waals surface area contributed by atoms with E-state index in [-0.39, 0.29) is 45.7 Å². The number of hydrogen-bond acceptors (Lipinski definition) is 6. The first-order valence-electron chi connectivity index (χ1n) is 8.25. The van der Waals surface area contributed by atoms with Gasteiger partial charge in [0.15, 0.2) is 0 Å². The molecule has 2 aromatic carbocycles. The van der Waals surface area contributed by atoms with Crippen molar-refractivity contribution in [2.75, 3.05) is 5.32 Å². The lowest BCUT2D eigenvalue weighted by Gasteiger charge is -2.37. The number of non-ortho nitro benzene ring substituents is 1. The number of phenols is 1. The molecule has 0 bridgehead atoms. The predicted molar refractivity (Wildman–Crippen MR) is 99.2 cm³/mol. The lowest BCUT2D eigenvalue weighted by molar-refractivity contribution is -0.385. The van der Waals surface area contributed by atoms with Gasteiger partial charge in [-0.05, 0) is 17.9 Å². The number of nitro benzene ring substituents is 2. The summed E-state index contributed by atoms with van der Waals surface area (Å²) in [6.07, 6.45) is 4.53. The molecule has 0 aromatic heterocycles. The standard InChI is InChI=1S/C18H14ClN3O5/c19-13-8-14(23)17-15(18(13)22(26)27)11-2-1-3-12(11)16(20-17)9-4-6-10(7-5-9)21(24)25/h1-2,4-8,11-12,16,20,23H,3H2/t11-,12+,16-/m0/s1. The second-order valence-electron chi connectivity index (χ2n) is 6.60. The fraction of sp³-hybridized carbons (Fsp3) is 0.222. The lowest BCUT2D eigenvalue weighted by atomic mass is 9.76. The fourth-order valence-electron chi connectivity index (χ4n) is 4.03. The molecule has 0 radical (unpaired) electrons. The molecule has 9 heteroatoms. The Labute approximate surface area is 158 Å². The normalized spacial score (nSPS) is 22.6. The Morgan fingerprint density at radius 1 is 1.15 bits per heavy atom. The molecule has 1 aliphatic carbocycles. The molecule has 1 heterocycles. The molecule has 0 unspecified atom stereocenters. The molecule has 27 heavy (non-hydrogen) atoms. The van der Waals surface area contributed by atoms with Gasteiger partial charge < -0.3 is 10.4 Å². The van der Waals surface area contributed by atoms with E-state index in [0.29, 0.717) is 12.0 Å². The van der Waals surface area contributed by atoms with Gasteiger partial charge in [-0.25, -0.2) is 0 Å². The second kappa shape index (κ2) is 6.24. The number of halogens is 1. The first-order valence-corrected chi connectivity index (χ1v) is 8.63. The molecule has 0 amide bonds. The highest BCUT2D eigenvalue weighted by Gasteiger charge is 2.43. The molecular weight excluding hydrogens is 374 g/mol. The van der Waals surface area contributed by atoms with Crippen LogP contribution in [-0.4, -0.2) is 15.0 Å². The first-order chi connectivity index (χ1) is 12.9. The van der Waals surface area contributed by atoms with Gasteiger partial charge in [0, 0.05) is 24.1 Å². The highest BCUT2D eigenvalue weighted by Crippen LogP contribution is 2.56. The summed E-state index contributed by atoms with van der Waals surface area (Å²) in [5.74, 6) is -0.478. The summed E-state index contributed by atoms with van der Waals surface area (Å²) in [7, 11) is 0. The van der Waals surface area contributed by atoms with Gasteiger partial charge in [-0.1, -0.05) is 35.9 Å². The third-order valence-corrected chi connectivity index (χ3v) is 5.48. The van der Waals surface area contributed by atoms with Crippen LogP contribution >= 0.6 is 11.6 Å². The van der Waals surface area contributed by atoms with Crippen molar-refractivity contribution in [3.63, 3.8) is 0 Å². The van der Waals surface area contributed by atoms with E-state index >= 15 is 0 Å². The average Bonchev–Trinajstić information content (AvgIpc) is 3.11. The third kappa shape index (κ3) is 2.69. The lowest BCUT2D eigenvalue weighted by Crippen LogP contribution is -2.29. The zero-order valence-corrected chi connectivity index (χ0v) is 14.6. The van der Waals surface area contributed by atoms with E-state index in [4.69, 9.17) is 11.6 Å². The Morgan fingerprint density at radius 3 is 2.48 bits per heavy atom. The van der Waals surface area contributed by atoms with Crippen molar-refractivity contribution < 1.29 is 15.0 Å². The van der Waals surface area contributed by atoms with Gasteiger partial charge in [0.25, 0.3) is 11.4 Å². The zero-order chi connectivity index (χ0) is 19.3. The van der Waals surface area contributed by atoms with Crippen molar-refractivity contribution >= 4 is 28.7 Å². The molecule has 3 atom stereocenters. The number of rotatable bonds is 3. The second-order valence-corrected chi connectivity index (χ2v) is 7.00. The average molecular weight is 388 g/mol. The molecule has 2 N–H and O–H groups in total. The van der Waals surface area contributed by atoms with Gasteiger partial charge >= 0.3 is 0 Å². The van der Waals surface area contributed by atoms with E-state index in [9.17, 15) is 25.3 Å². The van der Waals surface area contributed by atoms with Crippen LogP contribution in [0.2, 0.25) is 5.02 Å². The van der Waals surface area contributed by atoms with Crippen molar-refractivity contribution in [1.29, 1.82) is 0 Å². The number of nitrogens with zero attached hydrogens (tertiary/aromatic N) is 2. The van der Waals surface area contributed by atoms with Crippen molar-refractivity contribution in [3.8, 4) is 5.75 Å². The van der Waals surface area contributed by atoms with E-state index in [0.717, 1.165) is 11.6 Å². The molecule has 8 nitrogen and oxygen atoms in total. The van der Waals surface area contributed by atoms with E-state index in [1.165, 1.54) is 12.1 Å². The predicted octanol–water partition coefficient (Wildman–Crippen LogP) is 4.69. The molecule has 0 fully saturated rings. The molecule has 0 saturated heterocycles. The van der Waals surface area contributed by atoms with Gasteiger partial charge in [-0.2, -0.15) is 0 Å². The Hall–Kier alpha value is -3.13. The summed E-state index contributed by atoms with van der Waals surface area (Å²) in [5, 5.41) is 35.9. The summed E-state index contributed by atoms with van der Waals surface area (Å²) in [4.78, 5) is 21.5. The zero-order valence-electron chi connectivity index (χ0n) is 13.8. The van der Waals surface area contributed by atoms with Crippen LogP contribution in [0.15, 0.2) is 42.5 Å². The molecule has 2 aliphatic rings. The van der Waals surface area contributed by atoms with Crippen LogP contribution < -0.4 is 5.32 Å². The van der Waals surface area contributed by atoms with Crippen LogP contribution in [0.5, 0.6) is 5.75 Å². The van der Waals surface area contributed by atoms with Crippen LogP contribution in [0.3, 0.4) is 0 Å². The highest BCUT2D eigenvalue weighted by molar-refractivity contribution is 6.33. The number of hydrogen-bond donors (Lipinski definition) is 2. The maximum atomic E-state index is 11.6. The first kappa shape index (κ1) is 17.3. The molecular formula is C18H14ClN3O5. The van der Waals surface area contributed by atoms with Crippen molar-refractivity contribution in [2.45, 2.75) is 18.4 Å². The summed E-state index contributed by atoms with van der Waals surface area (Å²) >= 11 is 6.03. The monoisotopic (exact) mass is 387 g/mol. The molecule has 138 valence electrons. The van der Waals surface area contributed by atoms with Crippen molar-refractivity contribution in [2.24, 2.45) is 5.92 Å². The summed E-state index contributed by atoms with van der Waals surface area (Å²) in [5.41, 5.74) is 1.24. The van der Waals surface area contributed by atoms with Gasteiger partial charge in [-0.3, -0.25) is 20.2 Å². The van der Waals surface area contributed by atoms with Gasteiger partial charge in [0.1, 0.15) is 10.8 Å². The van der Waals surface area contributed by atoms with E-state index in [2.05, 4.69) is 5.32 Å². The van der Waals surface area contributed by atoms with Crippen LogP contribution in [0.4, 0.5) is 17.1 Å². The maximum Gasteiger partial charge on any atom is 0.293 e. The summed E-state index contributed by atoms with van der Waals surface area (Å²) < 4.78 is 0. The smallest absolute Gasteiger partial charge is 0.293 e. The van der Waals surface area contributed by atoms with E-state index < -0.39 is 9.85 Å². The fourth-order valence-corrected chi connectivity index (χ4v) is 4.30. The highest BCUT2D eigenvalue weighted by atomic mass is 35.5. The SMILES string of the molecule is O=[N+]([O-])c1ccc([C@@H]2Nc3c(O)cc(Cl)c([N+](=O)[O-])c3[C@H]3C=CC[C@H]32)cc1. The molecule has 4 rings (SSSR count). The number of allylic oxidation sites excluding steroid dienone is 2. The molecule has 2 aromatic rings. The largest absolute Gasteiger partial charge is 0.506 e. The van der Waals surface area contributed by atoms with Crippen LogP contribution in [0, 0.1) is 26.1 Å². The Balaban J connectivity index is 1.84. The van der Waals surface area contributed by atoms with E-state index in [1.807, 2.05) is 12.2 Å². The maximum absolute atomic E-state index is 11.6. The van der Waals surface area contributed by atoms with Crippen molar-refractivity contribution in [3.05, 3.63) is 78.9 Å². The molecule has 1 aliphatic heterocycles. The Bertz CT molecular complexity index is 989. The number of nitrogens with one attached hydrogen (secondary N) is 1. The summed E-state index contributed by atoms with van der Waals surface area (Å²) in [6, 6.07) is 7.08. The summed E-state index contributed by atoms with van der Waals surface area (Å²) in [6.45, 7) is 0. The number of nitro groups is 2. The minimum Gasteiger partial charge on any atom is -0.506 e. The van der Waals surface area contributed by atoms with Gasteiger partial charge in [0.2, 0.25) is 0 Å². The minimum atomic E-state index is -0.530. The minimum absolute atomic E-state index is 0.0127.